The second-order valence-electron chi connectivity index (χ2n) is 5.71. The molecule has 2 aromatic carbocycles. The van der Waals surface area contributed by atoms with Crippen LogP contribution in [0.1, 0.15) is 5.56 Å². The molecule has 0 bridgehead atoms. The lowest BCUT2D eigenvalue weighted by Crippen LogP contribution is -2.20. The molecule has 0 radical (unpaired) electrons. The third-order valence-electron chi connectivity index (χ3n) is 3.73. The summed E-state index contributed by atoms with van der Waals surface area (Å²) < 4.78 is 36.3. The molecule has 0 saturated carbocycles. The standard InChI is InChI=1S/C19H18Cl2N2O6S/c1-22-30(26,27)16-10-12(6-8-15(16)28-2)7-9-18(25)29-11-17(24)23-14-5-3-4-13(20)19(14)21/h3-10,22H,11H2,1-2H3,(H,23,24)/b9-7+. The average molecular weight is 473 g/mol. The van der Waals surface area contributed by atoms with E-state index in [4.69, 9.17) is 32.7 Å². The highest BCUT2D eigenvalue weighted by molar-refractivity contribution is 7.89. The number of hydrogen-bond donors (Lipinski definition) is 2. The maximum atomic E-state index is 12.1. The van der Waals surface area contributed by atoms with Crippen molar-refractivity contribution in [2.24, 2.45) is 0 Å². The quantitative estimate of drug-likeness (QED) is 0.450. The van der Waals surface area contributed by atoms with E-state index >= 15 is 0 Å². The van der Waals surface area contributed by atoms with E-state index in [1.165, 1.54) is 32.4 Å². The van der Waals surface area contributed by atoms with Gasteiger partial charge in [-0.3, -0.25) is 4.79 Å². The molecule has 2 aromatic rings. The summed E-state index contributed by atoms with van der Waals surface area (Å²) >= 11 is 11.8. The zero-order chi connectivity index (χ0) is 22.3. The van der Waals surface area contributed by atoms with E-state index in [-0.39, 0.29) is 26.4 Å². The van der Waals surface area contributed by atoms with Gasteiger partial charge in [-0.05, 0) is 43.0 Å². The van der Waals surface area contributed by atoms with Gasteiger partial charge in [0.05, 0.1) is 22.8 Å². The number of nitrogens with one attached hydrogen (secondary N) is 2. The van der Waals surface area contributed by atoms with Gasteiger partial charge >= 0.3 is 5.97 Å². The van der Waals surface area contributed by atoms with Crippen molar-refractivity contribution in [1.29, 1.82) is 0 Å². The van der Waals surface area contributed by atoms with Crippen molar-refractivity contribution in [2.45, 2.75) is 4.90 Å². The summed E-state index contributed by atoms with van der Waals surface area (Å²) in [6, 6.07) is 9.08. The highest BCUT2D eigenvalue weighted by atomic mass is 35.5. The number of benzene rings is 2. The highest BCUT2D eigenvalue weighted by Crippen LogP contribution is 2.29. The second kappa shape index (κ2) is 10.4. The van der Waals surface area contributed by atoms with Crippen molar-refractivity contribution in [2.75, 3.05) is 26.1 Å². The fraction of sp³-hybridized carbons (Fsp3) is 0.158. The predicted octanol–water partition coefficient (Wildman–Crippen LogP) is 3.11. The molecule has 11 heteroatoms. The normalized spacial score (nSPS) is 11.3. The van der Waals surface area contributed by atoms with Gasteiger partial charge in [0.25, 0.3) is 5.91 Å². The minimum absolute atomic E-state index is 0.0826. The molecule has 30 heavy (non-hydrogen) atoms. The predicted molar refractivity (Wildman–Crippen MR) is 114 cm³/mol. The smallest absolute Gasteiger partial charge is 0.331 e. The fourth-order valence-electron chi connectivity index (χ4n) is 2.25. The third kappa shape index (κ3) is 6.20. The molecular formula is C19H18Cl2N2O6S. The molecule has 8 nitrogen and oxygen atoms in total. The molecule has 0 unspecified atom stereocenters. The van der Waals surface area contributed by atoms with Crippen molar-refractivity contribution >= 4 is 56.9 Å². The van der Waals surface area contributed by atoms with Crippen LogP contribution < -0.4 is 14.8 Å². The lowest BCUT2D eigenvalue weighted by Gasteiger charge is -2.09. The van der Waals surface area contributed by atoms with Crippen LogP contribution >= 0.6 is 23.2 Å². The van der Waals surface area contributed by atoms with Crippen LogP contribution in [0.4, 0.5) is 5.69 Å². The topological polar surface area (TPSA) is 111 Å². The van der Waals surface area contributed by atoms with Crippen LogP contribution in [0.5, 0.6) is 5.75 Å². The van der Waals surface area contributed by atoms with Gasteiger partial charge in [0, 0.05) is 6.08 Å². The van der Waals surface area contributed by atoms with Crippen LogP contribution in [0, 0.1) is 0 Å². The van der Waals surface area contributed by atoms with E-state index in [2.05, 4.69) is 10.0 Å². The lowest BCUT2D eigenvalue weighted by atomic mass is 10.2. The SMILES string of the molecule is CNS(=O)(=O)c1cc(/C=C/C(=O)OCC(=O)Nc2cccc(Cl)c2Cl)ccc1OC. The van der Waals surface area contributed by atoms with E-state index < -0.39 is 28.5 Å². The number of sulfonamides is 1. The Hall–Kier alpha value is -2.59. The Bertz CT molecular complexity index is 1090. The van der Waals surface area contributed by atoms with Crippen molar-refractivity contribution in [3.05, 3.63) is 58.1 Å². The number of carbonyl (C=O) groups is 2. The Morgan fingerprint density at radius 2 is 1.90 bits per heavy atom. The second-order valence-corrected chi connectivity index (χ2v) is 8.35. The molecule has 0 saturated heterocycles. The molecule has 2 rings (SSSR count). The zero-order valence-electron chi connectivity index (χ0n) is 15.9. The molecule has 0 aliphatic heterocycles. The maximum absolute atomic E-state index is 12.1. The Balaban J connectivity index is 2.00. The first-order valence-electron chi connectivity index (χ1n) is 8.38. The van der Waals surface area contributed by atoms with Gasteiger partial charge in [0.2, 0.25) is 10.0 Å². The van der Waals surface area contributed by atoms with E-state index in [0.29, 0.717) is 5.56 Å². The minimum Gasteiger partial charge on any atom is -0.495 e. The van der Waals surface area contributed by atoms with Crippen LogP contribution in [0.3, 0.4) is 0 Å². The Morgan fingerprint density at radius 1 is 1.17 bits per heavy atom. The zero-order valence-corrected chi connectivity index (χ0v) is 18.3. The van der Waals surface area contributed by atoms with Crippen LogP contribution in [-0.4, -0.2) is 41.1 Å². The summed E-state index contributed by atoms with van der Waals surface area (Å²) in [5.74, 6) is -1.25. The van der Waals surface area contributed by atoms with Gasteiger partial charge < -0.3 is 14.8 Å². The number of esters is 1. The molecule has 0 fully saturated rings. The summed E-state index contributed by atoms with van der Waals surface area (Å²) in [4.78, 5) is 23.7. The van der Waals surface area contributed by atoms with Crippen LogP contribution in [0.15, 0.2) is 47.4 Å². The van der Waals surface area contributed by atoms with E-state index in [9.17, 15) is 18.0 Å². The van der Waals surface area contributed by atoms with Crippen LogP contribution in [0.25, 0.3) is 6.08 Å². The van der Waals surface area contributed by atoms with Gasteiger partial charge in [-0.15, -0.1) is 0 Å². The molecule has 2 N–H and O–H groups in total. The highest BCUT2D eigenvalue weighted by Gasteiger charge is 2.17. The summed E-state index contributed by atoms with van der Waals surface area (Å²) in [6.45, 7) is -0.548. The minimum atomic E-state index is -3.76. The van der Waals surface area contributed by atoms with Gasteiger partial charge in [-0.25, -0.2) is 17.9 Å². The fourth-order valence-corrected chi connectivity index (χ4v) is 3.53. The first-order chi connectivity index (χ1) is 14.2. The molecule has 0 aliphatic rings. The summed E-state index contributed by atoms with van der Waals surface area (Å²) in [5, 5.41) is 2.92. The van der Waals surface area contributed by atoms with Crippen molar-refractivity contribution in [3.8, 4) is 5.75 Å². The summed E-state index contributed by atoms with van der Waals surface area (Å²) in [7, 11) is -1.14. The Kier molecular flexibility index (Phi) is 8.24. The molecule has 0 aliphatic carbocycles. The van der Waals surface area contributed by atoms with Crippen LogP contribution in [0.2, 0.25) is 10.0 Å². The van der Waals surface area contributed by atoms with E-state index in [0.717, 1.165) is 6.08 Å². The molecule has 1 amide bonds. The maximum Gasteiger partial charge on any atom is 0.331 e. The molecule has 160 valence electrons. The number of ether oxygens (including phenoxy) is 2. The van der Waals surface area contributed by atoms with Gasteiger partial charge in [-0.2, -0.15) is 0 Å². The molecule has 0 atom stereocenters. The number of methoxy groups -OCH3 is 1. The summed E-state index contributed by atoms with van der Waals surface area (Å²) in [5.41, 5.74) is 0.703. The number of carbonyl (C=O) groups excluding carboxylic acids is 2. The molecule has 0 aromatic heterocycles. The lowest BCUT2D eigenvalue weighted by molar-refractivity contribution is -0.142. The van der Waals surface area contributed by atoms with Crippen molar-refractivity contribution in [3.63, 3.8) is 0 Å². The average Bonchev–Trinajstić information content (AvgIpc) is 2.73. The van der Waals surface area contributed by atoms with E-state index in [1.54, 1.807) is 24.3 Å². The van der Waals surface area contributed by atoms with Gasteiger partial charge in [0.1, 0.15) is 10.6 Å². The Labute approximate surface area is 183 Å². The molecular weight excluding hydrogens is 455 g/mol. The van der Waals surface area contributed by atoms with E-state index in [1.807, 2.05) is 0 Å². The van der Waals surface area contributed by atoms with Crippen molar-refractivity contribution < 1.29 is 27.5 Å². The number of halogens is 2. The molecule has 0 spiro atoms. The first-order valence-corrected chi connectivity index (χ1v) is 10.6. The van der Waals surface area contributed by atoms with Crippen molar-refractivity contribution in [1.82, 2.24) is 4.72 Å². The van der Waals surface area contributed by atoms with Crippen LogP contribution in [-0.2, 0) is 24.3 Å². The molecule has 0 heterocycles. The number of rotatable bonds is 8. The summed E-state index contributed by atoms with van der Waals surface area (Å²) in [6.07, 6.45) is 2.42. The first kappa shape index (κ1) is 23.7. The Morgan fingerprint density at radius 3 is 2.57 bits per heavy atom. The number of amides is 1. The largest absolute Gasteiger partial charge is 0.495 e. The monoisotopic (exact) mass is 472 g/mol. The third-order valence-corrected chi connectivity index (χ3v) is 5.98. The van der Waals surface area contributed by atoms with Gasteiger partial charge in [-0.1, -0.05) is 35.3 Å². The number of hydrogen-bond acceptors (Lipinski definition) is 6. The van der Waals surface area contributed by atoms with Gasteiger partial charge in [0.15, 0.2) is 6.61 Å². The number of anilines is 1.